The second-order valence-electron chi connectivity index (χ2n) is 5.24. The standard InChI is InChI=1S/C16H23FN2O4/c1-3-6-13(20)16(22)19-11(2)9-18-15(21)10-23-14-8-5-4-7-12(14)17/h4-5,7-8,11,13,20H,3,6,9-10H2,1-2H3,(H,18,21)(H,19,22)/t11-,13?/m0/s1. The van der Waals surface area contributed by atoms with Crippen LogP contribution in [0.25, 0.3) is 0 Å². The summed E-state index contributed by atoms with van der Waals surface area (Å²) in [6.07, 6.45) is 0.0524. The molecule has 2 amide bonds. The summed E-state index contributed by atoms with van der Waals surface area (Å²) in [6.45, 7) is 3.44. The molecule has 1 aromatic carbocycles. The number of ether oxygens (including phenoxy) is 1. The van der Waals surface area contributed by atoms with Gasteiger partial charge in [-0.05, 0) is 25.5 Å². The lowest BCUT2D eigenvalue weighted by Crippen LogP contribution is -2.46. The molecule has 0 aliphatic carbocycles. The molecule has 1 aromatic rings. The van der Waals surface area contributed by atoms with E-state index in [1.165, 1.54) is 18.2 Å². The minimum Gasteiger partial charge on any atom is -0.481 e. The molecular weight excluding hydrogens is 303 g/mol. The number of carbonyl (C=O) groups is 2. The number of hydrogen-bond donors (Lipinski definition) is 3. The van der Waals surface area contributed by atoms with Gasteiger partial charge in [0.05, 0.1) is 0 Å². The average molecular weight is 326 g/mol. The van der Waals surface area contributed by atoms with Crippen molar-refractivity contribution < 1.29 is 23.8 Å². The lowest BCUT2D eigenvalue weighted by atomic mass is 10.2. The summed E-state index contributed by atoms with van der Waals surface area (Å²) in [7, 11) is 0. The van der Waals surface area contributed by atoms with Crippen LogP contribution in [0.4, 0.5) is 4.39 Å². The van der Waals surface area contributed by atoms with E-state index in [0.717, 1.165) is 0 Å². The van der Waals surface area contributed by atoms with Crippen LogP contribution < -0.4 is 15.4 Å². The predicted octanol–water partition coefficient (Wildman–Crippen LogP) is 0.986. The summed E-state index contributed by atoms with van der Waals surface area (Å²) in [4.78, 5) is 23.2. The van der Waals surface area contributed by atoms with E-state index >= 15 is 0 Å². The van der Waals surface area contributed by atoms with Gasteiger partial charge in [0.25, 0.3) is 5.91 Å². The summed E-state index contributed by atoms with van der Waals surface area (Å²) in [5.74, 6) is -1.42. The Hall–Kier alpha value is -2.15. The topological polar surface area (TPSA) is 87.7 Å². The van der Waals surface area contributed by atoms with E-state index in [4.69, 9.17) is 4.74 Å². The number of benzene rings is 1. The molecule has 0 aromatic heterocycles. The quantitative estimate of drug-likeness (QED) is 0.631. The molecule has 1 rings (SSSR count). The lowest BCUT2D eigenvalue weighted by Gasteiger charge is -2.17. The Kier molecular flexibility index (Phi) is 8.04. The Morgan fingerprint density at radius 3 is 2.70 bits per heavy atom. The Labute approximate surface area is 135 Å². The summed E-state index contributed by atoms with van der Waals surface area (Å²) in [5, 5.41) is 14.7. The predicted molar refractivity (Wildman–Crippen MR) is 83.4 cm³/mol. The number of carbonyl (C=O) groups excluding carboxylic acids is 2. The van der Waals surface area contributed by atoms with Crippen LogP contribution in [0.2, 0.25) is 0 Å². The van der Waals surface area contributed by atoms with Crippen molar-refractivity contribution in [3.8, 4) is 5.75 Å². The highest BCUT2D eigenvalue weighted by molar-refractivity contribution is 5.81. The van der Waals surface area contributed by atoms with Crippen LogP contribution >= 0.6 is 0 Å². The highest BCUT2D eigenvalue weighted by Gasteiger charge is 2.16. The fourth-order valence-electron chi connectivity index (χ4n) is 1.82. The van der Waals surface area contributed by atoms with Crippen molar-refractivity contribution in [2.24, 2.45) is 0 Å². The molecule has 0 heterocycles. The van der Waals surface area contributed by atoms with E-state index in [1.54, 1.807) is 13.0 Å². The third-order valence-corrected chi connectivity index (χ3v) is 3.05. The van der Waals surface area contributed by atoms with Gasteiger partial charge in [0.1, 0.15) is 6.10 Å². The monoisotopic (exact) mass is 326 g/mol. The molecule has 0 aliphatic rings. The molecule has 7 heteroatoms. The average Bonchev–Trinajstić information content (AvgIpc) is 2.52. The maximum Gasteiger partial charge on any atom is 0.258 e. The molecule has 0 aliphatic heterocycles. The van der Waals surface area contributed by atoms with Gasteiger partial charge in [0.15, 0.2) is 18.2 Å². The van der Waals surface area contributed by atoms with E-state index in [9.17, 15) is 19.1 Å². The zero-order valence-electron chi connectivity index (χ0n) is 13.3. The molecule has 0 spiro atoms. The molecule has 128 valence electrons. The van der Waals surface area contributed by atoms with Crippen molar-refractivity contribution in [2.75, 3.05) is 13.2 Å². The van der Waals surface area contributed by atoms with Gasteiger partial charge in [-0.2, -0.15) is 0 Å². The van der Waals surface area contributed by atoms with Crippen LogP contribution in [0.3, 0.4) is 0 Å². The third-order valence-electron chi connectivity index (χ3n) is 3.05. The van der Waals surface area contributed by atoms with E-state index in [0.29, 0.717) is 12.8 Å². The highest BCUT2D eigenvalue weighted by Crippen LogP contribution is 2.14. The van der Waals surface area contributed by atoms with Gasteiger partial charge in [-0.25, -0.2) is 4.39 Å². The maximum atomic E-state index is 13.3. The number of halogens is 1. The zero-order valence-corrected chi connectivity index (χ0v) is 13.3. The van der Waals surface area contributed by atoms with Crippen LogP contribution in [0.1, 0.15) is 26.7 Å². The van der Waals surface area contributed by atoms with Crippen LogP contribution in [-0.4, -0.2) is 42.2 Å². The first-order valence-corrected chi connectivity index (χ1v) is 7.56. The second-order valence-corrected chi connectivity index (χ2v) is 5.24. The Balaban J connectivity index is 2.27. The van der Waals surface area contributed by atoms with Gasteiger partial charge in [0.2, 0.25) is 5.91 Å². The van der Waals surface area contributed by atoms with E-state index < -0.39 is 23.7 Å². The summed E-state index contributed by atoms with van der Waals surface area (Å²) in [6, 6.07) is 5.47. The van der Waals surface area contributed by atoms with E-state index in [2.05, 4.69) is 10.6 Å². The molecule has 23 heavy (non-hydrogen) atoms. The molecule has 3 N–H and O–H groups in total. The lowest BCUT2D eigenvalue weighted by molar-refractivity contribution is -0.130. The molecule has 0 saturated heterocycles. The van der Waals surface area contributed by atoms with Gasteiger partial charge in [-0.15, -0.1) is 0 Å². The molecule has 0 fully saturated rings. The number of para-hydroxylation sites is 1. The van der Waals surface area contributed by atoms with Crippen molar-refractivity contribution in [1.82, 2.24) is 10.6 Å². The molecule has 6 nitrogen and oxygen atoms in total. The van der Waals surface area contributed by atoms with Gasteiger partial charge < -0.3 is 20.5 Å². The summed E-state index contributed by atoms with van der Waals surface area (Å²) in [5.41, 5.74) is 0. The number of aliphatic hydroxyl groups excluding tert-OH is 1. The summed E-state index contributed by atoms with van der Waals surface area (Å²) < 4.78 is 18.4. The Bertz CT molecular complexity index is 525. The number of nitrogens with one attached hydrogen (secondary N) is 2. The minimum absolute atomic E-state index is 0.00619. The Morgan fingerprint density at radius 1 is 1.35 bits per heavy atom. The van der Waals surface area contributed by atoms with E-state index in [1.807, 2.05) is 6.92 Å². The summed E-state index contributed by atoms with van der Waals surface area (Å²) >= 11 is 0. The first-order valence-electron chi connectivity index (χ1n) is 7.56. The highest BCUT2D eigenvalue weighted by atomic mass is 19.1. The van der Waals surface area contributed by atoms with Gasteiger partial charge >= 0.3 is 0 Å². The molecule has 0 radical (unpaired) electrons. The first kappa shape index (κ1) is 18.9. The van der Waals surface area contributed by atoms with Crippen LogP contribution in [0.15, 0.2) is 24.3 Å². The van der Waals surface area contributed by atoms with E-state index in [-0.39, 0.29) is 24.9 Å². The van der Waals surface area contributed by atoms with Gasteiger partial charge in [-0.3, -0.25) is 9.59 Å². The van der Waals surface area contributed by atoms with Gasteiger partial charge in [0, 0.05) is 12.6 Å². The third kappa shape index (κ3) is 7.10. The fraction of sp³-hybridized carbons (Fsp3) is 0.500. The number of amides is 2. The molecule has 0 bridgehead atoms. The SMILES string of the molecule is CCCC(O)C(=O)N[C@@H](C)CNC(=O)COc1ccccc1F. The first-order chi connectivity index (χ1) is 10.9. The largest absolute Gasteiger partial charge is 0.481 e. The molecule has 2 atom stereocenters. The van der Waals surface area contributed by atoms with Crippen LogP contribution in [-0.2, 0) is 9.59 Å². The van der Waals surface area contributed by atoms with Crippen molar-refractivity contribution in [2.45, 2.75) is 38.8 Å². The fourth-order valence-corrected chi connectivity index (χ4v) is 1.82. The molecule has 0 saturated carbocycles. The number of hydrogen-bond acceptors (Lipinski definition) is 4. The number of rotatable bonds is 9. The van der Waals surface area contributed by atoms with Crippen molar-refractivity contribution >= 4 is 11.8 Å². The van der Waals surface area contributed by atoms with Crippen LogP contribution in [0.5, 0.6) is 5.75 Å². The Morgan fingerprint density at radius 2 is 2.04 bits per heavy atom. The van der Waals surface area contributed by atoms with Crippen molar-refractivity contribution in [3.05, 3.63) is 30.1 Å². The van der Waals surface area contributed by atoms with Crippen molar-refractivity contribution in [1.29, 1.82) is 0 Å². The maximum absolute atomic E-state index is 13.3. The van der Waals surface area contributed by atoms with Crippen molar-refractivity contribution in [3.63, 3.8) is 0 Å². The molecular formula is C16H23FN2O4. The number of aliphatic hydroxyl groups is 1. The zero-order chi connectivity index (χ0) is 17.2. The minimum atomic E-state index is -1.04. The second kappa shape index (κ2) is 9.78. The van der Waals surface area contributed by atoms with Crippen LogP contribution in [0, 0.1) is 5.82 Å². The molecule has 1 unspecified atom stereocenters. The smallest absolute Gasteiger partial charge is 0.258 e. The normalized spacial score (nSPS) is 13.0. The van der Waals surface area contributed by atoms with Gasteiger partial charge in [-0.1, -0.05) is 25.5 Å².